The third kappa shape index (κ3) is 5.35. The average Bonchev–Trinajstić information content (AvgIpc) is 2.82. The van der Waals surface area contributed by atoms with Crippen LogP contribution in [0.25, 0.3) is 34.2 Å². The van der Waals surface area contributed by atoms with E-state index < -0.39 is 0 Å². The quantitative estimate of drug-likeness (QED) is 0.344. The predicted octanol–water partition coefficient (Wildman–Crippen LogP) is 7.18. The zero-order valence-corrected chi connectivity index (χ0v) is 21.5. The Bertz CT molecular complexity index is 1250. The van der Waals surface area contributed by atoms with E-state index in [9.17, 15) is 5.11 Å². The van der Waals surface area contributed by atoms with Crippen LogP contribution >= 0.6 is 0 Å². The topological polar surface area (TPSA) is 68.1 Å². The largest absolute Gasteiger partial charge is 0.507 e. The molecule has 0 saturated carbocycles. The van der Waals surface area contributed by atoms with Crippen molar-refractivity contribution in [2.24, 2.45) is 0 Å². The summed E-state index contributed by atoms with van der Waals surface area (Å²) in [7, 11) is 1.57. The van der Waals surface area contributed by atoms with Crippen molar-refractivity contribution in [1.82, 2.24) is 15.0 Å². The van der Waals surface area contributed by atoms with E-state index in [0.717, 1.165) is 11.1 Å². The molecule has 0 aliphatic rings. The van der Waals surface area contributed by atoms with E-state index in [2.05, 4.69) is 65.8 Å². The summed E-state index contributed by atoms with van der Waals surface area (Å²) in [6, 6.07) is 21.7. The smallest absolute Gasteiger partial charge is 0.167 e. The second-order valence-corrected chi connectivity index (χ2v) is 10.8. The first kappa shape index (κ1) is 24.4. The molecule has 0 amide bonds. The molecule has 1 heterocycles. The average molecular weight is 468 g/mol. The molecule has 3 aromatic carbocycles. The molecule has 4 aromatic rings. The Kier molecular flexibility index (Phi) is 6.37. The van der Waals surface area contributed by atoms with Gasteiger partial charge in [-0.2, -0.15) is 0 Å². The van der Waals surface area contributed by atoms with Crippen LogP contribution in [0, 0.1) is 0 Å². The molecule has 0 fully saturated rings. The first-order valence-electron chi connectivity index (χ1n) is 11.8. The van der Waals surface area contributed by atoms with Crippen molar-refractivity contribution in [3.05, 3.63) is 77.9 Å². The molecule has 0 aliphatic heterocycles. The second kappa shape index (κ2) is 9.14. The van der Waals surface area contributed by atoms with Gasteiger partial charge in [-0.3, -0.25) is 0 Å². The van der Waals surface area contributed by atoms with Crippen molar-refractivity contribution in [3.63, 3.8) is 0 Å². The van der Waals surface area contributed by atoms with Crippen LogP contribution in [0.15, 0.2) is 66.7 Å². The van der Waals surface area contributed by atoms with Crippen molar-refractivity contribution >= 4 is 0 Å². The van der Waals surface area contributed by atoms with Crippen LogP contribution in [0.3, 0.4) is 0 Å². The van der Waals surface area contributed by atoms with Crippen LogP contribution in [0.5, 0.6) is 11.5 Å². The number of phenolic OH excluding ortho intramolecular Hbond substituents is 1. The lowest BCUT2D eigenvalue weighted by Crippen LogP contribution is -2.10. The van der Waals surface area contributed by atoms with Gasteiger partial charge in [0.2, 0.25) is 0 Å². The van der Waals surface area contributed by atoms with Crippen molar-refractivity contribution in [2.45, 2.75) is 52.4 Å². The minimum atomic E-state index is 0.0532. The van der Waals surface area contributed by atoms with Gasteiger partial charge >= 0.3 is 0 Å². The lowest BCUT2D eigenvalue weighted by molar-refractivity contribution is 0.408. The number of rotatable bonds is 4. The number of hydrogen-bond donors (Lipinski definition) is 1. The van der Waals surface area contributed by atoms with Crippen molar-refractivity contribution in [2.75, 3.05) is 7.11 Å². The Morgan fingerprint density at radius 3 is 1.40 bits per heavy atom. The minimum absolute atomic E-state index is 0.0532. The molecular weight excluding hydrogens is 434 g/mol. The normalized spacial score (nSPS) is 12.0. The van der Waals surface area contributed by atoms with E-state index in [1.165, 1.54) is 11.1 Å². The van der Waals surface area contributed by atoms with Crippen LogP contribution in [0.4, 0.5) is 0 Å². The maximum Gasteiger partial charge on any atom is 0.167 e. The van der Waals surface area contributed by atoms with Gasteiger partial charge in [0, 0.05) is 17.2 Å². The van der Waals surface area contributed by atoms with Crippen LogP contribution in [-0.2, 0) is 10.8 Å². The second-order valence-electron chi connectivity index (χ2n) is 10.8. The molecular formula is C30H33N3O2. The van der Waals surface area contributed by atoms with Crippen LogP contribution < -0.4 is 4.74 Å². The Morgan fingerprint density at radius 2 is 1.03 bits per heavy atom. The fraction of sp³-hybridized carbons (Fsp3) is 0.300. The fourth-order valence-electron chi connectivity index (χ4n) is 3.82. The van der Waals surface area contributed by atoms with Crippen molar-refractivity contribution < 1.29 is 9.84 Å². The highest BCUT2D eigenvalue weighted by atomic mass is 16.5. The third-order valence-electron chi connectivity index (χ3n) is 6.10. The summed E-state index contributed by atoms with van der Waals surface area (Å²) in [6.07, 6.45) is 0. The molecule has 5 heteroatoms. The van der Waals surface area contributed by atoms with Crippen LogP contribution in [0.1, 0.15) is 52.7 Å². The SMILES string of the molecule is COc1ccc(-c2nc(-c3ccc(C(C)(C)C)cc3)nc(-c3ccc(C(C)(C)C)cc3)n2)c(O)c1. The molecule has 0 atom stereocenters. The van der Waals surface area contributed by atoms with E-state index in [1.54, 1.807) is 25.3 Å². The number of benzene rings is 3. The van der Waals surface area contributed by atoms with E-state index in [0.29, 0.717) is 28.8 Å². The number of aromatic hydroxyl groups is 1. The molecule has 0 bridgehead atoms. The number of ether oxygens (including phenoxy) is 1. The predicted molar refractivity (Wildman–Crippen MR) is 142 cm³/mol. The molecule has 5 nitrogen and oxygen atoms in total. The third-order valence-corrected chi connectivity index (χ3v) is 6.10. The summed E-state index contributed by atoms with van der Waals surface area (Å²) in [5.41, 5.74) is 4.88. The maximum absolute atomic E-state index is 10.7. The highest BCUT2D eigenvalue weighted by Crippen LogP contribution is 2.33. The maximum atomic E-state index is 10.7. The molecule has 0 radical (unpaired) electrons. The monoisotopic (exact) mass is 467 g/mol. The summed E-state index contributed by atoms with van der Waals surface area (Å²) >= 11 is 0. The Morgan fingerprint density at radius 1 is 0.600 bits per heavy atom. The van der Waals surface area contributed by atoms with Gasteiger partial charge in [-0.05, 0) is 34.1 Å². The number of methoxy groups -OCH3 is 1. The van der Waals surface area contributed by atoms with Gasteiger partial charge in [0.15, 0.2) is 17.5 Å². The summed E-state index contributed by atoms with van der Waals surface area (Å²) in [6.45, 7) is 13.1. The molecule has 180 valence electrons. The molecule has 0 unspecified atom stereocenters. The first-order valence-corrected chi connectivity index (χ1v) is 11.8. The van der Waals surface area contributed by atoms with E-state index in [1.807, 2.05) is 24.3 Å². The fourth-order valence-corrected chi connectivity index (χ4v) is 3.82. The van der Waals surface area contributed by atoms with E-state index in [4.69, 9.17) is 19.7 Å². The number of aromatic nitrogens is 3. The first-order chi connectivity index (χ1) is 16.5. The molecule has 0 saturated heterocycles. The zero-order chi connectivity index (χ0) is 25.4. The van der Waals surface area contributed by atoms with Gasteiger partial charge in [0.05, 0.1) is 12.7 Å². The van der Waals surface area contributed by atoms with E-state index >= 15 is 0 Å². The molecule has 35 heavy (non-hydrogen) atoms. The standard InChI is InChI=1S/C30H33N3O2/c1-29(2,3)21-12-8-19(9-13-21)26-31-27(20-10-14-22(15-11-20)30(4,5)6)33-28(32-26)24-17-16-23(35-7)18-25(24)34/h8-18,34H,1-7H3. The zero-order valence-electron chi connectivity index (χ0n) is 21.5. The minimum Gasteiger partial charge on any atom is -0.507 e. The van der Waals surface area contributed by atoms with Crippen molar-refractivity contribution in [1.29, 1.82) is 0 Å². The Labute approximate surface area is 207 Å². The molecule has 0 aliphatic carbocycles. The van der Waals surface area contributed by atoms with Crippen molar-refractivity contribution in [3.8, 4) is 45.7 Å². The number of phenols is 1. The van der Waals surface area contributed by atoms with Gasteiger partial charge in [0.25, 0.3) is 0 Å². The summed E-state index contributed by atoms with van der Waals surface area (Å²) in [5, 5.41) is 10.7. The van der Waals surface area contributed by atoms with Gasteiger partial charge in [0.1, 0.15) is 11.5 Å². The summed E-state index contributed by atoms with van der Waals surface area (Å²) in [5.74, 6) is 2.14. The van der Waals surface area contributed by atoms with E-state index in [-0.39, 0.29) is 16.6 Å². The van der Waals surface area contributed by atoms with Gasteiger partial charge in [-0.1, -0.05) is 90.1 Å². The van der Waals surface area contributed by atoms with Gasteiger partial charge in [-0.25, -0.2) is 15.0 Å². The highest BCUT2D eigenvalue weighted by Gasteiger charge is 2.18. The van der Waals surface area contributed by atoms with Gasteiger partial charge in [-0.15, -0.1) is 0 Å². The summed E-state index contributed by atoms with van der Waals surface area (Å²) < 4.78 is 5.24. The van der Waals surface area contributed by atoms with Crippen LogP contribution in [-0.4, -0.2) is 27.2 Å². The molecule has 0 spiro atoms. The highest BCUT2D eigenvalue weighted by molar-refractivity contribution is 5.70. The number of hydrogen-bond acceptors (Lipinski definition) is 5. The molecule has 1 N–H and O–H groups in total. The lowest BCUT2D eigenvalue weighted by Gasteiger charge is -2.19. The summed E-state index contributed by atoms with van der Waals surface area (Å²) in [4.78, 5) is 14.3. The molecule has 4 rings (SSSR count). The Hall–Kier alpha value is -3.73. The molecule has 1 aromatic heterocycles. The van der Waals surface area contributed by atoms with Crippen LogP contribution in [0.2, 0.25) is 0 Å². The lowest BCUT2D eigenvalue weighted by atomic mass is 9.86. The number of nitrogens with zero attached hydrogens (tertiary/aromatic N) is 3. The Balaban J connectivity index is 1.86. The van der Waals surface area contributed by atoms with Gasteiger partial charge < -0.3 is 9.84 Å².